The van der Waals surface area contributed by atoms with Crippen LogP contribution in [0.15, 0.2) is 36.7 Å². The molecule has 5 rings (SSSR count). The van der Waals surface area contributed by atoms with E-state index in [2.05, 4.69) is 53.1 Å². The molecule has 0 spiro atoms. The number of fused-ring (bicyclic) bond motifs is 1. The molecule has 0 saturated carbocycles. The lowest BCUT2D eigenvalue weighted by atomic mass is 9.88. The minimum absolute atomic E-state index is 0.0445. The number of nitrogens with one attached hydrogen (secondary N) is 1. The number of hydrogen-bond donors (Lipinski definition) is 2. The highest BCUT2D eigenvalue weighted by Crippen LogP contribution is 2.39. The average Bonchev–Trinajstić information content (AvgIpc) is 2.91. The van der Waals surface area contributed by atoms with Gasteiger partial charge in [0.2, 0.25) is 5.95 Å². The van der Waals surface area contributed by atoms with Gasteiger partial charge in [0.05, 0.1) is 18.4 Å². The number of piperidine rings is 1. The maximum Gasteiger partial charge on any atom is 0.227 e. The Labute approximate surface area is 235 Å². The standard InChI is InChI=1S/C29H39FN6O3S/c1-6-29(30)17-35(12-10-25(29)37)28-31-11-9-26(34-28)33-27-13-22-21(18(2)3)7-8-24(23(22)14-32-27)36-15-20(19(36)4)16-40(5,38)39/h7-9,11,13-14,18-20,25,37H,6,10,12,15-17H2,1-5H3,(H,31,32,33,34)/t19-,20-,25-,29+/m1/s1. The van der Waals surface area contributed by atoms with Crippen molar-refractivity contribution in [3.05, 3.63) is 42.2 Å². The van der Waals surface area contributed by atoms with Crippen LogP contribution in [-0.2, 0) is 9.84 Å². The van der Waals surface area contributed by atoms with E-state index in [1.54, 1.807) is 24.1 Å². The second kappa shape index (κ2) is 10.7. The van der Waals surface area contributed by atoms with E-state index in [9.17, 15) is 13.5 Å². The monoisotopic (exact) mass is 570 g/mol. The Balaban J connectivity index is 1.41. The number of aliphatic hydroxyl groups excluding tert-OH is 1. The summed E-state index contributed by atoms with van der Waals surface area (Å²) in [6.45, 7) is 9.35. The summed E-state index contributed by atoms with van der Waals surface area (Å²) in [5.41, 5.74) is 0.561. The topological polar surface area (TPSA) is 112 Å². The minimum atomic E-state index is -3.03. The van der Waals surface area contributed by atoms with Crippen LogP contribution >= 0.6 is 0 Å². The van der Waals surface area contributed by atoms with E-state index < -0.39 is 21.6 Å². The van der Waals surface area contributed by atoms with Crippen molar-refractivity contribution >= 4 is 43.9 Å². The van der Waals surface area contributed by atoms with Gasteiger partial charge < -0.3 is 20.2 Å². The third-order valence-electron chi connectivity index (χ3n) is 8.46. The van der Waals surface area contributed by atoms with E-state index in [0.717, 1.165) is 16.5 Å². The molecule has 0 aliphatic carbocycles. The largest absolute Gasteiger partial charge is 0.390 e. The molecule has 2 aromatic heterocycles. The van der Waals surface area contributed by atoms with Gasteiger partial charge in [-0.15, -0.1) is 0 Å². The zero-order chi connectivity index (χ0) is 28.8. The molecule has 2 aliphatic rings. The second-order valence-electron chi connectivity index (χ2n) is 11.7. The van der Waals surface area contributed by atoms with Gasteiger partial charge in [-0.1, -0.05) is 26.8 Å². The molecule has 9 nitrogen and oxygen atoms in total. The summed E-state index contributed by atoms with van der Waals surface area (Å²) in [6, 6.07) is 8.15. The van der Waals surface area contributed by atoms with Crippen LogP contribution in [0.2, 0.25) is 0 Å². The Kier molecular flexibility index (Phi) is 7.64. The molecular weight excluding hydrogens is 531 g/mol. The summed E-state index contributed by atoms with van der Waals surface area (Å²) in [5.74, 6) is 2.19. The van der Waals surface area contributed by atoms with Crippen molar-refractivity contribution in [3.8, 4) is 0 Å². The van der Waals surface area contributed by atoms with Gasteiger partial charge in [0, 0.05) is 54.8 Å². The van der Waals surface area contributed by atoms with Crippen molar-refractivity contribution in [1.29, 1.82) is 0 Å². The first-order valence-electron chi connectivity index (χ1n) is 14.0. The van der Waals surface area contributed by atoms with Crippen LogP contribution in [0.3, 0.4) is 0 Å². The van der Waals surface area contributed by atoms with Gasteiger partial charge in [0.25, 0.3) is 0 Å². The number of aliphatic hydroxyl groups is 1. The lowest BCUT2D eigenvalue weighted by Gasteiger charge is -2.48. The molecule has 40 heavy (non-hydrogen) atoms. The maximum absolute atomic E-state index is 15.2. The van der Waals surface area contributed by atoms with Crippen LogP contribution in [-0.4, -0.2) is 77.9 Å². The molecule has 11 heteroatoms. The van der Waals surface area contributed by atoms with Gasteiger partial charge in [-0.2, -0.15) is 4.98 Å². The van der Waals surface area contributed by atoms with Crippen LogP contribution in [0, 0.1) is 5.92 Å². The Morgan fingerprint density at radius 3 is 2.65 bits per heavy atom. The number of pyridine rings is 1. The highest BCUT2D eigenvalue weighted by Gasteiger charge is 2.42. The second-order valence-corrected chi connectivity index (χ2v) is 13.9. The van der Waals surface area contributed by atoms with Gasteiger partial charge in [-0.05, 0) is 54.8 Å². The summed E-state index contributed by atoms with van der Waals surface area (Å²) in [6.07, 6.45) is 4.36. The minimum Gasteiger partial charge on any atom is -0.390 e. The van der Waals surface area contributed by atoms with Gasteiger partial charge in [0.1, 0.15) is 21.5 Å². The zero-order valence-electron chi connectivity index (χ0n) is 23.8. The van der Waals surface area contributed by atoms with E-state index >= 15 is 4.39 Å². The number of anilines is 4. The van der Waals surface area contributed by atoms with E-state index in [-0.39, 0.29) is 30.7 Å². The number of halogens is 1. The third-order valence-corrected chi connectivity index (χ3v) is 9.49. The number of benzene rings is 1. The van der Waals surface area contributed by atoms with Gasteiger partial charge in [-0.25, -0.2) is 22.8 Å². The fourth-order valence-corrected chi connectivity index (χ4v) is 7.08. The number of rotatable bonds is 8. The van der Waals surface area contributed by atoms with Gasteiger partial charge >= 0.3 is 0 Å². The zero-order valence-corrected chi connectivity index (χ0v) is 24.6. The van der Waals surface area contributed by atoms with Crippen LogP contribution in [0.25, 0.3) is 10.8 Å². The van der Waals surface area contributed by atoms with Crippen molar-refractivity contribution in [2.45, 2.75) is 64.3 Å². The Morgan fingerprint density at radius 2 is 1.98 bits per heavy atom. The Morgan fingerprint density at radius 1 is 1.20 bits per heavy atom. The smallest absolute Gasteiger partial charge is 0.227 e. The summed E-state index contributed by atoms with van der Waals surface area (Å²) in [7, 11) is -3.03. The summed E-state index contributed by atoms with van der Waals surface area (Å²) in [4.78, 5) is 17.7. The number of nitrogens with zero attached hydrogens (tertiary/aromatic N) is 5. The van der Waals surface area contributed by atoms with Gasteiger partial charge in [0.15, 0.2) is 5.67 Å². The average molecular weight is 571 g/mol. The number of alkyl halides is 1. The SMILES string of the molecule is CC[C@]1(F)CN(c2nccc(Nc3cc4c(C(C)C)ccc(N5C[C@H](CS(C)(=O)=O)[C@H]5C)c4cn3)n2)CC[C@H]1O. The molecule has 4 heterocycles. The molecule has 2 N–H and O–H groups in total. The highest BCUT2D eigenvalue weighted by molar-refractivity contribution is 7.90. The summed E-state index contributed by atoms with van der Waals surface area (Å²) >= 11 is 0. The fourth-order valence-electron chi connectivity index (χ4n) is 5.91. The Bertz CT molecular complexity index is 1500. The summed E-state index contributed by atoms with van der Waals surface area (Å²) < 4.78 is 38.8. The molecule has 0 radical (unpaired) electrons. The van der Waals surface area contributed by atoms with Crippen molar-refractivity contribution in [2.75, 3.05) is 46.8 Å². The summed E-state index contributed by atoms with van der Waals surface area (Å²) in [5, 5.41) is 15.5. The Hall–Kier alpha value is -3.05. The molecule has 0 amide bonds. The third kappa shape index (κ3) is 5.58. The van der Waals surface area contributed by atoms with Crippen molar-refractivity contribution in [1.82, 2.24) is 15.0 Å². The van der Waals surface area contributed by atoms with Crippen LogP contribution < -0.4 is 15.1 Å². The normalized spacial score (nSPS) is 25.4. The molecule has 2 fully saturated rings. The predicted molar refractivity (Wildman–Crippen MR) is 158 cm³/mol. The molecule has 4 atom stereocenters. The first-order chi connectivity index (χ1) is 18.9. The van der Waals surface area contributed by atoms with E-state index in [1.807, 2.05) is 12.3 Å². The number of aromatic nitrogens is 3. The van der Waals surface area contributed by atoms with Crippen molar-refractivity contribution in [3.63, 3.8) is 0 Å². The van der Waals surface area contributed by atoms with Crippen LogP contribution in [0.4, 0.5) is 27.7 Å². The van der Waals surface area contributed by atoms with Crippen molar-refractivity contribution in [2.24, 2.45) is 5.92 Å². The molecule has 2 aliphatic heterocycles. The van der Waals surface area contributed by atoms with Gasteiger partial charge in [-0.3, -0.25) is 0 Å². The molecule has 2 saturated heterocycles. The van der Waals surface area contributed by atoms with E-state index in [1.165, 1.54) is 11.8 Å². The van der Waals surface area contributed by atoms with Crippen LogP contribution in [0.1, 0.15) is 52.0 Å². The van der Waals surface area contributed by atoms with E-state index in [4.69, 9.17) is 4.98 Å². The molecule has 0 unspecified atom stereocenters. The molecule has 1 aromatic carbocycles. The predicted octanol–water partition coefficient (Wildman–Crippen LogP) is 4.45. The molecule has 0 bridgehead atoms. The number of sulfone groups is 1. The molecule has 3 aromatic rings. The first-order valence-corrected chi connectivity index (χ1v) is 16.0. The lowest BCUT2D eigenvalue weighted by Crippen LogP contribution is -2.57. The molecular formula is C29H39FN6O3S. The quantitative estimate of drug-likeness (QED) is 0.406. The molecule has 216 valence electrons. The number of hydrogen-bond acceptors (Lipinski definition) is 9. The highest BCUT2D eigenvalue weighted by atomic mass is 32.2. The first kappa shape index (κ1) is 28.5. The van der Waals surface area contributed by atoms with E-state index in [0.29, 0.717) is 43.0 Å². The van der Waals surface area contributed by atoms with Crippen molar-refractivity contribution < 1.29 is 17.9 Å². The fraction of sp³-hybridized carbons (Fsp3) is 0.552. The lowest BCUT2D eigenvalue weighted by molar-refractivity contribution is -0.0238. The maximum atomic E-state index is 15.2. The van der Waals surface area contributed by atoms with Crippen LogP contribution in [0.5, 0.6) is 0 Å².